The zero-order chi connectivity index (χ0) is 17.6. The summed E-state index contributed by atoms with van der Waals surface area (Å²) < 4.78 is 5.84. The maximum Gasteiger partial charge on any atom is 0.337 e. The number of aromatic nitrogens is 1. The van der Waals surface area contributed by atoms with Crippen molar-refractivity contribution >= 4 is 5.97 Å². The van der Waals surface area contributed by atoms with Gasteiger partial charge in [0.2, 0.25) is 0 Å². The number of ether oxygens (including phenoxy) is 1. The highest BCUT2D eigenvalue weighted by atomic mass is 16.5. The molecule has 0 amide bonds. The van der Waals surface area contributed by atoms with Crippen molar-refractivity contribution in [3.05, 3.63) is 47.7 Å². The van der Waals surface area contributed by atoms with Gasteiger partial charge in [0.15, 0.2) is 0 Å². The quantitative estimate of drug-likeness (QED) is 0.774. The molecular formula is C21H25NO3. The maximum absolute atomic E-state index is 11.6. The van der Waals surface area contributed by atoms with Crippen LogP contribution in [0, 0.1) is 5.92 Å². The molecule has 0 radical (unpaired) electrons. The Kier molecular flexibility index (Phi) is 5.69. The first kappa shape index (κ1) is 17.5. The molecule has 0 atom stereocenters. The van der Waals surface area contributed by atoms with Gasteiger partial charge in [-0.25, -0.2) is 4.79 Å². The largest absolute Gasteiger partial charge is 0.493 e. The topological polar surface area (TPSA) is 59.4 Å². The molecule has 1 aromatic carbocycles. The second-order valence-electron chi connectivity index (χ2n) is 6.70. The standard InChI is InChI=1S/C21H25NO3/c1-2-13-25-20-10-6-5-9-16(20)18-12-11-17(21(23)24)19(22-18)14-15-7-3-4-8-15/h5-6,9-12,15H,2-4,7-8,13-14H2,1H3,(H,23,24). The molecular weight excluding hydrogens is 314 g/mol. The summed E-state index contributed by atoms with van der Waals surface area (Å²) in [6.07, 6.45) is 6.49. The van der Waals surface area contributed by atoms with Gasteiger partial charge in [0.1, 0.15) is 5.75 Å². The SMILES string of the molecule is CCCOc1ccccc1-c1ccc(C(=O)O)c(CC2CCCC2)n1. The molecule has 1 N–H and O–H groups in total. The predicted molar refractivity (Wildman–Crippen MR) is 98.1 cm³/mol. The van der Waals surface area contributed by atoms with Crippen LogP contribution in [0.15, 0.2) is 36.4 Å². The summed E-state index contributed by atoms with van der Waals surface area (Å²) >= 11 is 0. The van der Waals surface area contributed by atoms with E-state index in [4.69, 9.17) is 9.72 Å². The summed E-state index contributed by atoms with van der Waals surface area (Å²) in [6, 6.07) is 11.3. The molecule has 25 heavy (non-hydrogen) atoms. The minimum atomic E-state index is -0.900. The van der Waals surface area contributed by atoms with Crippen molar-refractivity contribution < 1.29 is 14.6 Å². The van der Waals surface area contributed by atoms with E-state index in [0.29, 0.717) is 23.8 Å². The number of carboxylic acid groups (broad SMARTS) is 1. The maximum atomic E-state index is 11.6. The Morgan fingerprint density at radius 2 is 1.96 bits per heavy atom. The number of para-hydroxylation sites is 1. The number of benzene rings is 1. The van der Waals surface area contributed by atoms with Crippen molar-refractivity contribution in [2.24, 2.45) is 5.92 Å². The van der Waals surface area contributed by atoms with E-state index >= 15 is 0 Å². The molecule has 0 aliphatic heterocycles. The van der Waals surface area contributed by atoms with Gasteiger partial charge >= 0.3 is 5.97 Å². The number of aromatic carboxylic acids is 1. The molecule has 1 aliphatic rings. The first-order chi connectivity index (χ1) is 12.2. The number of carboxylic acids is 1. The second kappa shape index (κ2) is 8.15. The normalized spacial score (nSPS) is 14.6. The van der Waals surface area contributed by atoms with Crippen molar-refractivity contribution in [1.29, 1.82) is 0 Å². The number of hydrogen-bond acceptors (Lipinski definition) is 3. The van der Waals surface area contributed by atoms with Crippen LogP contribution in [0.3, 0.4) is 0 Å². The van der Waals surface area contributed by atoms with E-state index < -0.39 is 5.97 Å². The number of pyridine rings is 1. The fourth-order valence-corrected chi connectivity index (χ4v) is 3.51. The van der Waals surface area contributed by atoms with Gasteiger partial charge in [0, 0.05) is 5.56 Å². The minimum Gasteiger partial charge on any atom is -0.493 e. The second-order valence-corrected chi connectivity index (χ2v) is 6.70. The summed E-state index contributed by atoms with van der Waals surface area (Å²) in [7, 11) is 0. The van der Waals surface area contributed by atoms with Crippen LogP contribution >= 0.6 is 0 Å². The van der Waals surface area contributed by atoms with Gasteiger partial charge in [-0.1, -0.05) is 44.7 Å². The van der Waals surface area contributed by atoms with Gasteiger partial charge in [-0.05, 0) is 43.0 Å². The van der Waals surface area contributed by atoms with Gasteiger partial charge in [0.25, 0.3) is 0 Å². The van der Waals surface area contributed by atoms with Crippen molar-refractivity contribution in [2.75, 3.05) is 6.61 Å². The average Bonchev–Trinajstić information content (AvgIpc) is 3.13. The third-order valence-electron chi connectivity index (χ3n) is 4.79. The lowest BCUT2D eigenvalue weighted by molar-refractivity contribution is 0.0695. The van der Waals surface area contributed by atoms with E-state index in [-0.39, 0.29) is 0 Å². The molecule has 1 fully saturated rings. The zero-order valence-electron chi connectivity index (χ0n) is 14.7. The Labute approximate surface area is 148 Å². The van der Waals surface area contributed by atoms with Crippen LogP contribution in [-0.4, -0.2) is 22.7 Å². The first-order valence-corrected chi connectivity index (χ1v) is 9.14. The minimum absolute atomic E-state index is 0.322. The predicted octanol–water partition coefficient (Wildman–Crippen LogP) is 4.97. The van der Waals surface area contributed by atoms with Crippen molar-refractivity contribution in [3.63, 3.8) is 0 Å². The monoisotopic (exact) mass is 339 g/mol. The molecule has 1 saturated carbocycles. The molecule has 0 saturated heterocycles. The third-order valence-corrected chi connectivity index (χ3v) is 4.79. The first-order valence-electron chi connectivity index (χ1n) is 9.14. The van der Waals surface area contributed by atoms with E-state index in [9.17, 15) is 9.90 Å². The third kappa shape index (κ3) is 4.19. The van der Waals surface area contributed by atoms with E-state index in [1.807, 2.05) is 24.3 Å². The van der Waals surface area contributed by atoms with Gasteiger partial charge in [-0.15, -0.1) is 0 Å². The van der Waals surface area contributed by atoms with Crippen LogP contribution in [0.25, 0.3) is 11.3 Å². The smallest absolute Gasteiger partial charge is 0.337 e. The van der Waals surface area contributed by atoms with E-state index in [1.165, 1.54) is 25.7 Å². The molecule has 132 valence electrons. The fourth-order valence-electron chi connectivity index (χ4n) is 3.51. The lowest BCUT2D eigenvalue weighted by atomic mass is 9.97. The summed E-state index contributed by atoms with van der Waals surface area (Å²) in [5.74, 6) is 0.446. The van der Waals surface area contributed by atoms with E-state index in [1.54, 1.807) is 12.1 Å². The number of hydrogen-bond donors (Lipinski definition) is 1. The Morgan fingerprint density at radius 3 is 2.68 bits per heavy atom. The molecule has 4 heteroatoms. The lowest BCUT2D eigenvalue weighted by Crippen LogP contribution is -2.10. The molecule has 0 spiro atoms. The van der Waals surface area contributed by atoms with Crippen LogP contribution in [-0.2, 0) is 6.42 Å². The van der Waals surface area contributed by atoms with Crippen LogP contribution in [0.2, 0.25) is 0 Å². The number of rotatable bonds is 7. The van der Waals surface area contributed by atoms with Crippen molar-refractivity contribution in [2.45, 2.75) is 45.4 Å². The fraction of sp³-hybridized carbons (Fsp3) is 0.429. The highest BCUT2D eigenvalue weighted by Gasteiger charge is 2.21. The van der Waals surface area contributed by atoms with Gasteiger partial charge in [-0.3, -0.25) is 4.98 Å². The Hall–Kier alpha value is -2.36. The Balaban J connectivity index is 1.95. The van der Waals surface area contributed by atoms with Crippen LogP contribution in [0.5, 0.6) is 5.75 Å². The molecule has 4 nitrogen and oxygen atoms in total. The number of nitrogens with zero attached hydrogens (tertiary/aromatic N) is 1. The zero-order valence-corrected chi connectivity index (χ0v) is 14.7. The van der Waals surface area contributed by atoms with Crippen molar-refractivity contribution in [3.8, 4) is 17.0 Å². The van der Waals surface area contributed by atoms with Crippen LogP contribution in [0.1, 0.15) is 55.1 Å². The van der Waals surface area contributed by atoms with Gasteiger partial charge in [0.05, 0.1) is 23.6 Å². The average molecular weight is 339 g/mol. The summed E-state index contributed by atoms with van der Waals surface area (Å²) in [6.45, 7) is 2.72. The van der Waals surface area contributed by atoms with E-state index in [2.05, 4.69) is 6.92 Å². The van der Waals surface area contributed by atoms with Crippen molar-refractivity contribution in [1.82, 2.24) is 4.98 Å². The summed E-state index contributed by atoms with van der Waals surface area (Å²) in [4.78, 5) is 16.3. The highest BCUT2D eigenvalue weighted by Crippen LogP contribution is 2.32. The lowest BCUT2D eigenvalue weighted by Gasteiger charge is -2.14. The Morgan fingerprint density at radius 1 is 1.20 bits per heavy atom. The molecule has 0 unspecified atom stereocenters. The highest BCUT2D eigenvalue weighted by molar-refractivity contribution is 5.89. The molecule has 1 heterocycles. The van der Waals surface area contributed by atoms with Gasteiger partial charge in [-0.2, -0.15) is 0 Å². The van der Waals surface area contributed by atoms with Crippen LogP contribution < -0.4 is 4.74 Å². The van der Waals surface area contributed by atoms with E-state index in [0.717, 1.165) is 29.8 Å². The molecule has 1 aromatic heterocycles. The number of carbonyl (C=O) groups is 1. The van der Waals surface area contributed by atoms with Gasteiger partial charge < -0.3 is 9.84 Å². The molecule has 2 aromatic rings. The Bertz CT molecular complexity index is 736. The summed E-state index contributed by atoms with van der Waals surface area (Å²) in [5.41, 5.74) is 2.72. The molecule has 3 rings (SSSR count). The molecule has 1 aliphatic carbocycles. The molecule has 0 bridgehead atoms. The van der Waals surface area contributed by atoms with Crippen LogP contribution in [0.4, 0.5) is 0 Å². The summed E-state index contributed by atoms with van der Waals surface area (Å²) in [5, 5.41) is 9.51.